The van der Waals surface area contributed by atoms with Gasteiger partial charge in [0.1, 0.15) is 5.82 Å². The summed E-state index contributed by atoms with van der Waals surface area (Å²) >= 11 is 0. The Morgan fingerprint density at radius 1 is 1.35 bits per heavy atom. The smallest absolute Gasteiger partial charge is 0.307 e. The number of benzene rings is 1. The van der Waals surface area contributed by atoms with Crippen molar-refractivity contribution in [1.82, 2.24) is 5.32 Å². The highest BCUT2D eigenvalue weighted by molar-refractivity contribution is 5.85. The molecular formula is C15H18FNO3. The molecule has 20 heavy (non-hydrogen) atoms. The molecule has 1 fully saturated rings. The molecule has 1 aromatic rings. The third-order valence-electron chi connectivity index (χ3n) is 3.88. The zero-order valence-electron chi connectivity index (χ0n) is 11.3. The van der Waals surface area contributed by atoms with Crippen molar-refractivity contribution >= 4 is 11.9 Å². The summed E-state index contributed by atoms with van der Waals surface area (Å²) in [6, 6.07) is 5.69. The zero-order chi connectivity index (χ0) is 14.7. The number of carbonyl (C=O) groups is 2. The predicted octanol–water partition coefficient (Wildman–Crippen LogP) is 2.50. The molecule has 2 N–H and O–H groups in total. The normalized spacial score (nSPS) is 23.3. The van der Waals surface area contributed by atoms with E-state index in [9.17, 15) is 14.0 Å². The van der Waals surface area contributed by atoms with Gasteiger partial charge in [-0.1, -0.05) is 18.6 Å². The van der Waals surface area contributed by atoms with Gasteiger partial charge in [0, 0.05) is 0 Å². The Morgan fingerprint density at radius 2 is 2.05 bits per heavy atom. The van der Waals surface area contributed by atoms with Gasteiger partial charge in [-0.2, -0.15) is 0 Å². The van der Waals surface area contributed by atoms with E-state index in [-0.39, 0.29) is 17.8 Å². The fourth-order valence-electron chi connectivity index (χ4n) is 2.75. The van der Waals surface area contributed by atoms with Gasteiger partial charge in [0.25, 0.3) is 0 Å². The Kier molecular flexibility index (Phi) is 4.37. The Morgan fingerprint density at radius 3 is 2.70 bits per heavy atom. The molecule has 4 nitrogen and oxygen atoms in total. The van der Waals surface area contributed by atoms with E-state index in [2.05, 4.69) is 5.32 Å². The molecule has 3 atom stereocenters. The number of hydrogen-bond acceptors (Lipinski definition) is 2. The van der Waals surface area contributed by atoms with Gasteiger partial charge >= 0.3 is 5.97 Å². The number of carboxylic acid groups (broad SMARTS) is 1. The molecular weight excluding hydrogens is 261 g/mol. The Bertz CT molecular complexity index is 518. The van der Waals surface area contributed by atoms with Crippen molar-refractivity contribution in [3.05, 3.63) is 35.6 Å². The average molecular weight is 279 g/mol. The Labute approximate surface area is 117 Å². The minimum absolute atomic E-state index is 0.258. The molecule has 108 valence electrons. The number of halogens is 1. The van der Waals surface area contributed by atoms with Gasteiger partial charge in [0.05, 0.1) is 17.9 Å². The number of hydrogen-bond donors (Lipinski definition) is 2. The molecule has 5 heteroatoms. The first-order valence-corrected chi connectivity index (χ1v) is 6.77. The van der Waals surface area contributed by atoms with Crippen LogP contribution >= 0.6 is 0 Å². The highest BCUT2D eigenvalue weighted by atomic mass is 19.1. The maximum atomic E-state index is 13.1. The highest BCUT2D eigenvalue weighted by Gasteiger charge is 2.38. The number of carbonyl (C=O) groups excluding carboxylic acids is 1. The zero-order valence-corrected chi connectivity index (χ0v) is 11.3. The largest absolute Gasteiger partial charge is 0.481 e. The minimum Gasteiger partial charge on any atom is -0.481 e. The van der Waals surface area contributed by atoms with Crippen LogP contribution < -0.4 is 5.32 Å². The standard InChI is InChI=1S/C15H18FNO3/c1-9(10-4-2-5-11(16)8-10)17-14(18)12-6-3-7-13(12)15(19)20/h2,4-5,8-9,12-13H,3,6-7H2,1H3,(H,17,18)(H,19,20). The van der Waals surface area contributed by atoms with Crippen LogP contribution in [-0.4, -0.2) is 17.0 Å². The van der Waals surface area contributed by atoms with E-state index in [4.69, 9.17) is 5.11 Å². The van der Waals surface area contributed by atoms with Crippen molar-refractivity contribution in [2.24, 2.45) is 11.8 Å². The molecule has 0 aromatic heterocycles. The second-order valence-electron chi connectivity index (χ2n) is 5.27. The van der Waals surface area contributed by atoms with Gasteiger partial charge in [-0.3, -0.25) is 9.59 Å². The molecule has 0 heterocycles. The Hall–Kier alpha value is -1.91. The molecule has 0 aliphatic heterocycles. The molecule has 1 saturated carbocycles. The lowest BCUT2D eigenvalue weighted by Gasteiger charge is -2.20. The van der Waals surface area contributed by atoms with Crippen molar-refractivity contribution < 1.29 is 19.1 Å². The van der Waals surface area contributed by atoms with Crippen molar-refractivity contribution in [2.45, 2.75) is 32.2 Å². The number of aliphatic carboxylic acids is 1. The molecule has 2 rings (SSSR count). The molecule has 1 amide bonds. The number of amides is 1. The Balaban J connectivity index is 2.02. The molecule has 3 unspecified atom stereocenters. The van der Waals surface area contributed by atoms with E-state index in [0.29, 0.717) is 18.4 Å². The second-order valence-corrected chi connectivity index (χ2v) is 5.27. The molecule has 1 aliphatic rings. The van der Waals surface area contributed by atoms with Crippen molar-refractivity contribution in [3.8, 4) is 0 Å². The van der Waals surface area contributed by atoms with Crippen LogP contribution in [0.2, 0.25) is 0 Å². The van der Waals surface area contributed by atoms with Crippen LogP contribution in [0, 0.1) is 17.7 Å². The van der Waals surface area contributed by atoms with Gasteiger partial charge < -0.3 is 10.4 Å². The molecule has 0 saturated heterocycles. The fraction of sp³-hybridized carbons (Fsp3) is 0.467. The topological polar surface area (TPSA) is 66.4 Å². The molecule has 1 aromatic carbocycles. The van der Waals surface area contributed by atoms with Gasteiger partial charge in [0.2, 0.25) is 5.91 Å². The summed E-state index contributed by atoms with van der Waals surface area (Å²) in [4.78, 5) is 23.2. The molecule has 0 spiro atoms. The molecule has 1 aliphatic carbocycles. The maximum absolute atomic E-state index is 13.1. The molecule has 0 radical (unpaired) electrons. The summed E-state index contributed by atoms with van der Waals surface area (Å²) in [6.45, 7) is 1.76. The quantitative estimate of drug-likeness (QED) is 0.890. The van der Waals surface area contributed by atoms with E-state index in [1.165, 1.54) is 12.1 Å². The minimum atomic E-state index is -0.916. The first-order valence-electron chi connectivity index (χ1n) is 6.77. The van der Waals surface area contributed by atoms with Crippen molar-refractivity contribution in [1.29, 1.82) is 0 Å². The van der Waals surface area contributed by atoms with Crippen LogP contribution in [0.15, 0.2) is 24.3 Å². The monoisotopic (exact) mass is 279 g/mol. The highest BCUT2D eigenvalue weighted by Crippen LogP contribution is 2.32. The maximum Gasteiger partial charge on any atom is 0.307 e. The van der Waals surface area contributed by atoms with E-state index >= 15 is 0 Å². The van der Waals surface area contributed by atoms with Crippen LogP contribution in [0.3, 0.4) is 0 Å². The lowest BCUT2D eigenvalue weighted by atomic mass is 9.94. The van der Waals surface area contributed by atoms with E-state index < -0.39 is 17.8 Å². The summed E-state index contributed by atoms with van der Waals surface area (Å²) in [7, 11) is 0. The summed E-state index contributed by atoms with van der Waals surface area (Å²) < 4.78 is 13.1. The number of rotatable bonds is 4. The van der Waals surface area contributed by atoms with Crippen molar-refractivity contribution in [3.63, 3.8) is 0 Å². The van der Waals surface area contributed by atoms with Crippen LogP contribution in [0.25, 0.3) is 0 Å². The van der Waals surface area contributed by atoms with Gasteiger partial charge in [-0.25, -0.2) is 4.39 Å². The van der Waals surface area contributed by atoms with Crippen molar-refractivity contribution in [2.75, 3.05) is 0 Å². The second kappa shape index (κ2) is 6.03. The number of nitrogens with one attached hydrogen (secondary N) is 1. The van der Waals surface area contributed by atoms with Crippen LogP contribution in [0.4, 0.5) is 4.39 Å². The lowest BCUT2D eigenvalue weighted by molar-refractivity contribution is -0.146. The first-order chi connectivity index (χ1) is 9.49. The van der Waals surface area contributed by atoms with E-state index in [1.54, 1.807) is 19.1 Å². The van der Waals surface area contributed by atoms with Gasteiger partial charge in [-0.15, -0.1) is 0 Å². The van der Waals surface area contributed by atoms with Gasteiger partial charge in [0.15, 0.2) is 0 Å². The third kappa shape index (κ3) is 3.15. The number of carboxylic acids is 1. The summed E-state index contributed by atoms with van der Waals surface area (Å²) in [6.07, 6.45) is 1.89. The summed E-state index contributed by atoms with van der Waals surface area (Å²) in [5.74, 6) is -2.61. The van der Waals surface area contributed by atoms with E-state index in [1.807, 2.05) is 0 Å². The SMILES string of the molecule is CC(NC(=O)C1CCCC1C(=O)O)c1cccc(F)c1. The van der Waals surface area contributed by atoms with Crippen LogP contribution in [0.5, 0.6) is 0 Å². The fourth-order valence-corrected chi connectivity index (χ4v) is 2.75. The molecule has 0 bridgehead atoms. The average Bonchev–Trinajstić information content (AvgIpc) is 2.88. The first kappa shape index (κ1) is 14.5. The summed E-state index contributed by atoms with van der Waals surface area (Å²) in [5.41, 5.74) is 0.670. The predicted molar refractivity (Wildman–Crippen MR) is 71.4 cm³/mol. The van der Waals surface area contributed by atoms with E-state index in [0.717, 1.165) is 6.42 Å². The van der Waals surface area contributed by atoms with Crippen LogP contribution in [-0.2, 0) is 9.59 Å². The van der Waals surface area contributed by atoms with Gasteiger partial charge in [-0.05, 0) is 37.5 Å². The summed E-state index contributed by atoms with van der Waals surface area (Å²) in [5, 5.41) is 11.9. The van der Waals surface area contributed by atoms with Crippen LogP contribution in [0.1, 0.15) is 37.8 Å². The lowest BCUT2D eigenvalue weighted by Crippen LogP contribution is -2.36. The third-order valence-corrected chi connectivity index (χ3v) is 3.88.